The van der Waals surface area contributed by atoms with Crippen molar-refractivity contribution in [1.29, 1.82) is 0 Å². The lowest BCUT2D eigenvalue weighted by Gasteiger charge is -2.14. The molecule has 21 heavy (non-hydrogen) atoms. The van der Waals surface area contributed by atoms with Crippen molar-refractivity contribution in [3.8, 4) is 5.69 Å². The van der Waals surface area contributed by atoms with Gasteiger partial charge in [0.15, 0.2) is 0 Å². The first kappa shape index (κ1) is 15.5. The van der Waals surface area contributed by atoms with Crippen molar-refractivity contribution in [3.05, 3.63) is 48.0 Å². The predicted octanol–water partition coefficient (Wildman–Crippen LogP) is 3.44. The van der Waals surface area contributed by atoms with Gasteiger partial charge < -0.3 is 5.32 Å². The van der Waals surface area contributed by atoms with Gasteiger partial charge in [0.25, 0.3) is 0 Å². The van der Waals surface area contributed by atoms with Crippen LogP contribution in [0.2, 0.25) is 0 Å². The molecule has 1 N–H and O–H groups in total. The Morgan fingerprint density at radius 1 is 1.33 bits per heavy atom. The van der Waals surface area contributed by atoms with E-state index < -0.39 is 18.6 Å². The van der Waals surface area contributed by atoms with Crippen molar-refractivity contribution in [2.45, 2.75) is 32.1 Å². The first-order chi connectivity index (χ1) is 9.83. The van der Waals surface area contributed by atoms with Crippen molar-refractivity contribution in [1.82, 2.24) is 15.1 Å². The van der Waals surface area contributed by atoms with E-state index in [1.165, 1.54) is 29.9 Å². The molecule has 0 saturated heterocycles. The molecule has 0 fully saturated rings. The van der Waals surface area contributed by atoms with Crippen molar-refractivity contribution >= 4 is 0 Å². The summed E-state index contributed by atoms with van der Waals surface area (Å²) in [5, 5.41) is 6.85. The molecule has 0 spiro atoms. The number of halogens is 4. The quantitative estimate of drug-likeness (QED) is 0.857. The van der Waals surface area contributed by atoms with Crippen LogP contribution in [0.15, 0.2) is 36.7 Å². The molecule has 3 nitrogen and oxygen atoms in total. The van der Waals surface area contributed by atoms with Crippen molar-refractivity contribution in [3.63, 3.8) is 0 Å². The first-order valence-corrected chi connectivity index (χ1v) is 6.43. The first-order valence-electron chi connectivity index (χ1n) is 6.43. The molecule has 0 aliphatic carbocycles. The van der Waals surface area contributed by atoms with Gasteiger partial charge in [0.2, 0.25) is 0 Å². The van der Waals surface area contributed by atoms with Crippen LogP contribution in [0.25, 0.3) is 5.69 Å². The second-order valence-electron chi connectivity index (χ2n) is 4.87. The molecule has 0 aliphatic rings. The van der Waals surface area contributed by atoms with Gasteiger partial charge in [0, 0.05) is 24.3 Å². The average molecular weight is 301 g/mol. The lowest BCUT2D eigenvalue weighted by molar-refractivity contribution is -0.139. The second kappa shape index (κ2) is 6.26. The van der Waals surface area contributed by atoms with Gasteiger partial charge in [-0.2, -0.15) is 18.3 Å². The Labute approximate surface area is 119 Å². The van der Waals surface area contributed by atoms with E-state index >= 15 is 0 Å². The molecule has 0 aliphatic heterocycles. The summed E-state index contributed by atoms with van der Waals surface area (Å²) in [6.07, 6.45) is -1.87. The predicted molar refractivity (Wildman–Crippen MR) is 70.5 cm³/mol. The summed E-state index contributed by atoms with van der Waals surface area (Å²) in [6, 6.07) is 5.24. The SMILES string of the molecule is C[C@@H](CC(F)(F)F)NCc1cnn(-c2cccc(F)c2)c1. The van der Waals surface area contributed by atoms with Gasteiger partial charge in [0.1, 0.15) is 5.82 Å². The lowest BCUT2D eigenvalue weighted by Crippen LogP contribution is -2.30. The highest BCUT2D eigenvalue weighted by Crippen LogP contribution is 2.21. The third-order valence-corrected chi connectivity index (χ3v) is 2.90. The highest BCUT2D eigenvalue weighted by atomic mass is 19.4. The fourth-order valence-electron chi connectivity index (χ4n) is 1.92. The number of hydrogen-bond donors (Lipinski definition) is 1. The topological polar surface area (TPSA) is 29.9 Å². The molecule has 2 aromatic rings. The number of benzene rings is 1. The minimum atomic E-state index is -4.18. The Morgan fingerprint density at radius 3 is 2.76 bits per heavy atom. The Kier molecular flexibility index (Phi) is 4.62. The second-order valence-corrected chi connectivity index (χ2v) is 4.87. The zero-order valence-electron chi connectivity index (χ0n) is 11.4. The number of aromatic nitrogens is 2. The number of nitrogens with zero attached hydrogens (tertiary/aromatic N) is 2. The molecule has 0 saturated carbocycles. The molecular weight excluding hydrogens is 286 g/mol. The van der Waals surface area contributed by atoms with Gasteiger partial charge >= 0.3 is 6.18 Å². The standard InChI is InChI=1S/C14H15F4N3/c1-10(6-14(16,17)18)19-7-11-8-20-21(9-11)13-4-2-3-12(15)5-13/h2-5,8-10,19H,6-7H2,1H3/t10-/m0/s1. The van der Waals surface area contributed by atoms with Crippen molar-refractivity contribution in [2.75, 3.05) is 0 Å². The van der Waals surface area contributed by atoms with E-state index in [0.29, 0.717) is 5.69 Å². The Hall–Kier alpha value is -1.89. The smallest absolute Gasteiger partial charge is 0.310 e. The Morgan fingerprint density at radius 2 is 2.10 bits per heavy atom. The summed E-state index contributed by atoms with van der Waals surface area (Å²) < 4.78 is 51.2. The van der Waals surface area contributed by atoms with E-state index in [4.69, 9.17) is 0 Å². The van der Waals surface area contributed by atoms with Crippen LogP contribution in [0.1, 0.15) is 18.9 Å². The van der Waals surface area contributed by atoms with Crippen LogP contribution in [-0.4, -0.2) is 22.0 Å². The van der Waals surface area contributed by atoms with Gasteiger partial charge in [0.05, 0.1) is 18.3 Å². The number of hydrogen-bond acceptors (Lipinski definition) is 2. The summed E-state index contributed by atoms with van der Waals surface area (Å²) in [7, 11) is 0. The fourth-order valence-corrected chi connectivity index (χ4v) is 1.92. The highest BCUT2D eigenvalue weighted by Gasteiger charge is 2.29. The number of nitrogens with one attached hydrogen (secondary N) is 1. The molecule has 2 rings (SSSR count). The maximum absolute atomic E-state index is 13.1. The van der Waals surface area contributed by atoms with Gasteiger partial charge in [-0.1, -0.05) is 6.07 Å². The molecule has 0 radical (unpaired) electrons. The van der Waals surface area contributed by atoms with Gasteiger partial charge in [-0.3, -0.25) is 0 Å². The van der Waals surface area contributed by atoms with Crippen LogP contribution in [0.5, 0.6) is 0 Å². The van der Waals surface area contributed by atoms with Crippen LogP contribution in [0, 0.1) is 5.82 Å². The van der Waals surface area contributed by atoms with Gasteiger partial charge in [-0.15, -0.1) is 0 Å². The Balaban J connectivity index is 1.95. The summed E-state index contributed by atoms with van der Waals surface area (Å²) in [5.41, 5.74) is 1.29. The van der Waals surface area contributed by atoms with Crippen LogP contribution in [-0.2, 0) is 6.54 Å². The summed E-state index contributed by atoms with van der Waals surface area (Å²) in [5.74, 6) is -0.374. The normalized spacial score (nSPS) is 13.4. The molecule has 0 unspecified atom stereocenters. The van der Waals surface area contributed by atoms with E-state index in [0.717, 1.165) is 5.56 Å². The highest BCUT2D eigenvalue weighted by molar-refractivity contribution is 5.31. The third kappa shape index (κ3) is 4.86. The number of rotatable bonds is 5. The van der Waals surface area contributed by atoms with Crippen LogP contribution < -0.4 is 5.32 Å². The van der Waals surface area contributed by atoms with Crippen LogP contribution >= 0.6 is 0 Å². The lowest BCUT2D eigenvalue weighted by atomic mass is 10.2. The minimum absolute atomic E-state index is 0.270. The largest absolute Gasteiger partial charge is 0.390 e. The summed E-state index contributed by atoms with van der Waals surface area (Å²) in [6.45, 7) is 1.75. The van der Waals surface area contributed by atoms with Crippen LogP contribution in [0.4, 0.5) is 17.6 Å². The summed E-state index contributed by atoms with van der Waals surface area (Å²) in [4.78, 5) is 0. The van der Waals surface area contributed by atoms with E-state index in [-0.39, 0.29) is 12.4 Å². The van der Waals surface area contributed by atoms with Crippen LogP contribution in [0.3, 0.4) is 0 Å². The van der Waals surface area contributed by atoms with E-state index in [2.05, 4.69) is 10.4 Å². The monoisotopic (exact) mass is 301 g/mol. The zero-order valence-corrected chi connectivity index (χ0v) is 11.4. The molecule has 7 heteroatoms. The zero-order chi connectivity index (χ0) is 15.5. The molecule has 1 heterocycles. The molecule has 0 bridgehead atoms. The molecule has 0 amide bonds. The van der Waals surface area contributed by atoms with Crippen molar-refractivity contribution < 1.29 is 17.6 Å². The minimum Gasteiger partial charge on any atom is -0.310 e. The van der Waals surface area contributed by atoms with Gasteiger partial charge in [-0.25, -0.2) is 9.07 Å². The average Bonchev–Trinajstić information content (AvgIpc) is 2.83. The molecule has 1 aromatic heterocycles. The molecule has 1 aromatic carbocycles. The number of alkyl halides is 3. The van der Waals surface area contributed by atoms with E-state index in [9.17, 15) is 17.6 Å². The maximum Gasteiger partial charge on any atom is 0.390 e. The van der Waals surface area contributed by atoms with Gasteiger partial charge in [-0.05, 0) is 25.1 Å². The molecule has 114 valence electrons. The van der Waals surface area contributed by atoms with Crippen molar-refractivity contribution in [2.24, 2.45) is 0 Å². The fraction of sp³-hybridized carbons (Fsp3) is 0.357. The third-order valence-electron chi connectivity index (χ3n) is 2.90. The summed E-state index contributed by atoms with van der Waals surface area (Å²) >= 11 is 0. The Bertz CT molecular complexity index is 592. The van der Waals surface area contributed by atoms with E-state index in [1.807, 2.05) is 0 Å². The van der Waals surface area contributed by atoms with E-state index in [1.54, 1.807) is 18.3 Å². The maximum atomic E-state index is 13.1. The molecular formula is C14H15F4N3. The molecule has 1 atom stereocenters.